The monoisotopic (exact) mass is 287 g/mol. The van der Waals surface area contributed by atoms with Gasteiger partial charge in [-0.3, -0.25) is 4.79 Å². The van der Waals surface area contributed by atoms with Crippen LogP contribution in [0.15, 0.2) is 36.5 Å². The van der Waals surface area contributed by atoms with E-state index in [0.29, 0.717) is 18.3 Å². The number of hydrogen-bond acceptors (Lipinski definition) is 3. The fourth-order valence-electron chi connectivity index (χ4n) is 1.80. The molecular weight excluding hydrogens is 266 g/mol. The van der Waals surface area contributed by atoms with Crippen molar-refractivity contribution in [1.82, 2.24) is 15.1 Å². The van der Waals surface area contributed by atoms with Crippen molar-refractivity contribution in [3.8, 4) is 11.6 Å². The largest absolute Gasteiger partial charge is 0.466 e. The van der Waals surface area contributed by atoms with E-state index in [1.807, 2.05) is 57.3 Å². The van der Waals surface area contributed by atoms with Crippen LogP contribution in [-0.2, 0) is 4.79 Å². The fraction of sp³-hybridized carbons (Fsp3) is 0.375. The van der Waals surface area contributed by atoms with Crippen molar-refractivity contribution in [3.63, 3.8) is 0 Å². The molecule has 0 aliphatic rings. The van der Waals surface area contributed by atoms with Gasteiger partial charge in [-0.2, -0.15) is 0 Å². The number of aromatic nitrogens is 2. The Balaban J connectivity index is 1.96. The number of carbonyl (C=O) groups is 1. The maximum absolute atomic E-state index is 11.6. The van der Waals surface area contributed by atoms with Gasteiger partial charge in [-0.15, -0.1) is 5.10 Å². The van der Waals surface area contributed by atoms with Crippen molar-refractivity contribution in [2.45, 2.75) is 20.8 Å². The van der Waals surface area contributed by atoms with Crippen LogP contribution in [0.25, 0.3) is 5.69 Å². The van der Waals surface area contributed by atoms with E-state index in [9.17, 15) is 4.79 Å². The van der Waals surface area contributed by atoms with Crippen LogP contribution in [0.3, 0.4) is 0 Å². The number of aryl methyl sites for hydroxylation is 1. The summed E-state index contributed by atoms with van der Waals surface area (Å²) in [5.74, 6) is 0.781. The van der Waals surface area contributed by atoms with Gasteiger partial charge < -0.3 is 10.1 Å². The lowest BCUT2D eigenvalue weighted by Gasteiger charge is -2.08. The van der Waals surface area contributed by atoms with Gasteiger partial charge in [0.1, 0.15) is 0 Å². The van der Waals surface area contributed by atoms with Crippen molar-refractivity contribution in [2.75, 3.05) is 13.2 Å². The van der Waals surface area contributed by atoms with Crippen molar-refractivity contribution in [1.29, 1.82) is 0 Å². The second kappa shape index (κ2) is 6.92. The number of hydrogen-bond donors (Lipinski definition) is 1. The first-order valence-electron chi connectivity index (χ1n) is 7.07. The van der Waals surface area contributed by atoms with Gasteiger partial charge >= 0.3 is 0 Å². The minimum absolute atomic E-state index is 0.0145. The highest BCUT2D eigenvalue weighted by Crippen LogP contribution is 2.17. The van der Waals surface area contributed by atoms with E-state index >= 15 is 0 Å². The lowest BCUT2D eigenvalue weighted by atomic mass is 10.2. The second-order valence-corrected chi connectivity index (χ2v) is 5.38. The summed E-state index contributed by atoms with van der Waals surface area (Å²) in [5.41, 5.74) is 1.86. The molecule has 2 rings (SSSR count). The van der Waals surface area contributed by atoms with Gasteiger partial charge in [-0.25, -0.2) is 4.68 Å². The second-order valence-electron chi connectivity index (χ2n) is 5.38. The molecule has 5 heteroatoms. The number of amides is 1. The van der Waals surface area contributed by atoms with Crippen molar-refractivity contribution >= 4 is 5.91 Å². The molecule has 2 aromatic rings. The van der Waals surface area contributed by atoms with E-state index in [2.05, 4.69) is 10.4 Å². The van der Waals surface area contributed by atoms with E-state index in [1.165, 1.54) is 0 Å². The van der Waals surface area contributed by atoms with Gasteiger partial charge in [-0.1, -0.05) is 32.0 Å². The van der Waals surface area contributed by atoms with E-state index < -0.39 is 0 Å². The predicted molar refractivity (Wildman–Crippen MR) is 81.6 cm³/mol. The molecule has 0 saturated carbocycles. The topological polar surface area (TPSA) is 56.2 Å². The van der Waals surface area contributed by atoms with Crippen LogP contribution in [0.4, 0.5) is 0 Å². The molecule has 0 radical (unpaired) electrons. The maximum atomic E-state index is 11.6. The fourth-order valence-corrected chi connectivity index (χ4v) is 1.80. The summed E-state index contributed by atoms with van der Waals surface area (Å²) in [6, 6.07) is 9.78. The molecule has 21 heavy (non-hydrogen) atoms. The van der Waals surface area contributed by atoms with Gasteiger partial charge in [0, 0.05) is 18.3 Å². The number of benzene rings is 1. The molecule has 1 heterocycles. The average molecular weight is 287 g/mol. The Labute approximate surface area is 124 Å². The molecule has 1 N–H and O–H groups in total. The van der Waals surface area contributed by atoms with Gasteiger partial charge in [0.2, 0.25) is 5.88 Å². The summed E-state index contributed by atoms with van der Waals surface area (Å²) in [7, 11) is 0. The Kier molecular flexibility index (Phi) is 4.98. The van der Waals surface area contributed by atoms with Gasteiger partial charge in [0.25, 0.3) is 5.91 Å². The first-order valence-corrected chi connectivity index (χ1v) is 7.07. The van der Waals surface area contributed by atoms with Gasteiger partial charge in [0.05, 0.1) is 5.69 Å². The highest BCUT2D eigenvalue weighted by molar-refractivity contribution is 5.77. The molecule has 0 bridgehead atoms. The van der Waals surface area contributed by atoms with Crippen LogP contribution < -0.4 is 10.1 Å². The van der Waals surface area contributed by atoms with Crippen LogP contribution >= 0.6 is 0 Å². The normalized spacial score (nSPS) is 10.7. The van der Waals surface area contributed by atoms with E-state index in [4.69, 9.17) is 4.74 Å². The van der Waals surface area contributed by atoms with Crippen LogP contribution in [0, 0.1) is 12.8 Å². The first-order chi connectivity index (χ1) is 10.1. The van der Waals surface area contributed by atoms with Crippen molar-refractivity contribution in [3.05, 3.63) is 42.1 Å². The van der Waals surface area contributed by atoms with Crippen LogP contribution in [0.5, 0.6) is 5.88 Å². The Bertz CT molecular complexity index is 591. The highest BCUT2D eigenvalue weighted by Gasteiger charge is 2.10. The van der Waals surface area contributed by atoms with Gasteiger partial charge in [-0.05, 0) is 25.0 Å². The zero-order valence-electron chi connectivity index (χ0n) is 12.7. The number of para-hydroxylation sites is 1. The molecule has 0 aliphatic heterocycles. The third-order valence-corrected chi connectivity index (χ3v) is 2.92. The summed E-state index contributed by atoms with van der Waals surface area (Å²) in [6.45, 7) is 6.65. The molecule has 5 nitrogen and oxygen atoms in total. The molecule has 112 valence electrons. The van der Waals surface area contributed by atoms with E-state index in [-0.39, 0.29) is 12.5 Å². The van der Waals surface area contributed by atoms with E-state index in [1.54, 1.807) is 4.68 Å². The van der Waals surface area contributed by atoms with Crippen molar-refractivity contribution < 1.29 is 9.53 Å². The minimum Gasteiger partial charge on any atom is -0.466 e. The summed E-state index contributed by atoms with van der Waals surface area (Å²) < 4.78 is 7.24. The molecule has 1 aromatic carbocycles. The number of carbonyl (C=O) groups excluding carboxylic acids is 1. The number of rotatable bonds is 6. The predicted octanol–water partition coefficient (Wildman–Crippen LogP) is 2.33. The quantitative estimate of drug-likeness (QED) is 0.887. The molecule has 0 saturated heterocycles. The lowest BCUT2D eigenvalue weighted by molar-refractivity contribution is -0.123. The Morgan fingerprint density at radius 2 is 2.05 bits per heavy atom. The summed E-state index contributed by atoms with van der Waals surface area (Å²) in [6.07, 6.45) is 1.89. The highest BCUT2D eigenvalue weighted by atomic mass is 16.5. The molecule has 1 amide bonds. The number of ether oxygens (including phenoxy) is 1. The minimum atomic E-state index is -0.127. The molecule has 0 aliphatic carbocycles. The van der Waals surface area contributed by atoms with Crippen LogP contribution in [-0.4, -0.2) is 28.8 Å². The third-order valence-electron chi connectivity index (χ3n) is 2.92. The first kappa shape index (κ1) is 15.1. The molecule has 0 spiro atoms. The molecular formula is C16H21N3O2. The van der Waals surface area contributed by atoms with Gasteiger partial charge in [0.15, 0.2) is 6.61 Å². The molecule has 0 unspecified atom stereocenters. The lowest BCUT2D eigenvalue weighted by Crippen LogP contribution is -2.31. The number of nitrogens with zero attached hydrogens (tertiary/aromatic N) is 2. The Morgan fingerprint density at radius 1 is 1.33 bits per heavy atom. The summed E-state index contributed by atoms with van der Waals surface area (Å²) >= 11 is 0. The maximum Gasteiger partial charge on any atom is 0.258 e. The van der Waals surface area contributed by atoms with E-state index in [0.717, 1.165) is 11.3 Å². The van der Waals surface area contributed by atoms with Crippen molar-refractivity contribution in [2.24, 2.45) is 5.92 Å². The standard InChI is InChI=1S/C16H21N3O2/c1-12(2)9-17-15(20)11-21-16-13(3)10-19(18-16)14-7-5-4-6-8-14/h4-8,10,12H,9,11H2,1-3H3,(H,17,20). The number of nitrogens with one attached hydrogen (secondary N) is 1. The zero-order valence-corrected chi connectivity index (χ0v) is 12.7. The van der Waals surface area contributed by atoms with Crippen LogP contribution in [0.1, 0.15) is 19.4 Å². The SMILES string of the molecule is Cc1cn(-c2ccccc2)nc1OCC(=O)NCC(C)C. The van der Waals surface area contributed by atoms with Crippen LogP contribution in [0.2, 0.25) is 0 Å². The molecule has 0 atom stereocenters. The summed E-state index contributed by atoms with van der Waals surface area (Å²) in [4.78, 5) is 11.6. The Morgan fingerprint density at radius 3 is 2.71 bits per heavy atom. The smallest absolute Gasteiger partial charge is 0.258 e. The summed E-state index contributed by atoms with van der Waals surface area (Å²) in [5, 5.41) is 7.17. The Hall–Kier alpha value is -2.30. The zero-order chi connectivity index (χ0) is 15.2. The average Bonchev–Trinajstić information content (AvgIpc) is 2.85. The third kappa shape index (κ3) is 4.34. The molecule has 1 aromatic heterocycles. The molecule has 0 fully saturated rings.